The number of aliphatic hydroxyl groups excluding tert-OH is 1. The number of esters is 2. The third kappa shape index (κ3) is 5.42. The molecule has 0 heterocycles. The Labute approximate surface area is 111 Å². The Bertz CT molecular complexity index is 395. The molecule has 0 radical (unpaired) electrons. The molecule has 88 valence electrons. The van der Waals surface area contributed by atoms with Gasteiger partial charge >= 0.3 is 30.8 Å². The zero-order chi connectivity index (χ0) is 11.3. The third-order valence-corrected chi connectivity index (χ3v) is 1.57. The smallest absolute Gasteiger partial charge is 1.00 e. The molecule has 1 rings (SSSR count). The van der Waals surface area contributed by atoms with Crippen LogP contribution in [0.2, 0.25) is 0 Å². The van der Waals surface area contributed by atoms with E-state index in [2.05, 4.69) is 4.74 Å². The first-order valence-electron chi connectivity index (χ1n) is 4.10. The molecule has 0 amide bonds. The van der Waals surface area contributed by atoms with Crippen molar-refractivity contribution < 1.29 is 50.0 Å². The Morgan fingerprint density at radius 1 is 1.18 bits per heavy atom. The predicted molar refractivity (Wildman–Crippen MR) is 53.7 cm³/mol. The van der Waals surface area contributed by atoms with E-state index in [-0.39, 0.29) is 31.3 Å². The Hall–Kier alpha value is -1.45. The first kappa shape index (κ1) is 17.9. The molecule has 0 aromatic heterocycles. The van der Waals surface area contributed by atoms with E-state index in [1.165, 1.54) is 12.1 Å². The molecule has 0 aliphatic carbocycles. The minimum atomic E-state index is -1.36. The molecule has 0 spiro atoms. The van der Waals surface area contributed by atoms with Gasteiger partial charge in [0.15, 0.2) is 0 Å². The van der Waals surface area contributed by atoms with E-state index in [0.29, 0.717) is 0 Å². The minimum absolute atomic E-state index is 0. The van der Waals surface area contributed by atoms with Crippen molar-refractivity contribution in [1.82, 2.24) is 0 Å². The molecule has 6 nitrogen and oxygen atoms in total. The van der Waals surface area contributed by atoms with Crippen LogP contribution in [-0.4, -0.2) is 34.9 Å². The van der Waals surface area contributed by atoms with Gasteiger partial charge in [0, 0.05) is 0 Å². The molecule has 7 heteroatoms. The first-order valence-corrected chi connectivity index (χ1v) is 4.10. The third-order valence-electron chi connectivity index (χ3n) is 1.57. The molecular weight excluding hydrogens is 223 g/mol. The van der Waals surface area contributed by atoms with Crippen molar-refractivity contribution in [2.75, 3.05) is 6.61 Å². The molecular formula is C10H11LiO6. The van der Waals surface area contributed by atoms with Crippen molar-refractivity contribution in [1.29, 1.82) is 0 Å². The molecule has 0 fully saturated rings. The van der Waals surface area contributed by atoms with Gasteiger partial charge < -0.3 is 16.7 Å². The maximum Gasteiger partial charge on any atom is 1.00 e. The first-order chi connectivity index (χ1) is 7.15. The van der Waals surface area contributed by atoms with Crippen LogP contribution in [0, 0.1) is 0 Å². The van der Waals surface area contributed by atoms with E-state index < -0.39 is 24.3 Å². The molecule has 0 atom stereocenters. The summed E-state index contributed by atoms with van der Waals surface area (Å²) in [5.74, 6) is -3.42. The van der Waals surface area contributed by atoms with E-state index in [0.717, 1.165) is 0 Å². The van der Waals surface area contributed by atoms with Crippen LogP contribution in [0.4, 0.5) is 0 Å². The SMILES string of the molecule is O.O=C(CO)C(=O)OC(=O)c1ccccc1.[H-].[Li+]. The minimum Gasteiger partial charge on any atom is -1.00 e. The Morgan fingerprint density at radius 2 is 1.71 bits per heavy atom. The van der Waals surface area contributed by atoms with Gasteiger partial charge in [-0.1, -0.05) is 18.2 Å². The van der Waals surface area contributed by atoms with E-state index in [1.807, 2.05) is 0 Å². The van der Waals surface area contributed by atoms with Crippen LogP contribution < -0.4 is 18.9 Å². The molecule has 0 saturated carbocycles. The number of carbonyl (C=O) groups is 3. The summed E-state index contributed by atoms with van der Waals surface area (Å²) in [4.78, 5) is 32.6. The summed E-state index contributed by atoms with van der Waals surface area (Å²) >= 11 is 0. The molecule has 0 bridgehead atoms. The summed E-state index contributed by atoms with van der Waals surface area (Å²) in [5, 5.41) is 8.33. The predicted octanol–water partition coefficient (Wildman–Crippen LogP) is -3.78. The van der Waals surface area contributed by atoms with Crippen LogP contribution in [0.25, 0.3) is 0 Å². The normalized spacial score (nSPS) is 8.29. The number of aliphatic hydroxyl groups is 1. The Kier molecular flexibility index (Phi) is 9.14. The average Bonchev–Trinajstić information content (AvgIpc) is 2.29. The van der Waals surface area contributed by atoms with Crippen LogP contribution in [0.5, 0.6) is 0 Å². The Morgan fingerprint density at radius 3 is 2.18 bits per heavy atom. The quantitative estimate of drug-likeness (QED) is 0.249. The maximum atomic E-state index is 11.2. The topological polar surface area (TPSA) is 112 Å². The molecule has 1 aromatic rings. The second-order valence-corrected chi connectivity index (χ2v) is 2.62. The van der Waals surface area contributed by atoms with Gasteiger partial charge in [-0.25, -0.2) is 9.59 Å². The van der Waals surface area contributed by atoms with Crippen molar-refractivity contribution in [3.8, 4) is 0 Å². The molecule has 17 heavy (non-hydrogen) atoms. The summed E-state index contributed by atoms with van der Waals surface area (Å²) in [7, 11) is 0. The van der Waals surface area contributed by atoms with E-state index >= 15 is 0 Å². The summed E-state index contributed by atoms with van der Waals surface area (Å²) in [6.07, 6.45) is 0. The van der Waals surface area contributed by atoms with Crippen molar-refractivity contribution in [3.05, 3.63) is 35.9 Å². The van der Waals surface area contributed by atoms with Crippen LogP contribution in [0.3, 0.4) is 0 Å². The molecule has 0 aliphatic heterocycles. The standard InChI is InChI=1S/C10H8O5.Li.H2O.H/c11-6-8(12)10(14)15-9(13)7-4-2-1-3-5-7;;;/h1-5,11H,6H2;;1H2;/q;+1;;-1. The second-order valence-electron chi connectivity index (χ2n) is 2.62. The van der Waals surface area contributed by atoms with E-state index in [1.54, 1.807) is 18.2 Å². The van der Waals surface area contributed by atoms with E-state index in [4.69, 9.17) is 5.11 Å². The number of hydrogen-bond donors (Lipinski definition) is 1. The number of carbonyl (C=O) groups excluding carboxylic acids is 3. The Balaban J connectivity index is -0.000000750. The van der Waals surface area contributed by atoms with Crippen molar-refractivity contribution >= 4 is 17.7 Å². The van der Waals surface area contributed by atoms with Crippen LogP contribution >= 0.6 is 0 Å². The average molecular weight is 234 g/mol. The fourth-order valence-corrected chi connectivity index (χ4v) is 0.839. The van der Waals surface area contributed by atoms with Crippen LogP contribution in [-0.2, 0) is 14.3 Å². The van der Waals surface area contributed by atoms with Crippen molar-refractivity contribution in [3.63, 3.8) is 0 Å². The van der Waals surface area contributed by atoms with Gasteiger partial charge in [-0.05, 0) is 12.1 Å². The van der Waals surface area contributed by atoms with Gasteiger partial charge in [0.05, 0.1) is 5.56 Å². The molecule has 1 aromatic carbocycles. The summed E-state index contributed by atoms with van der Waals surface area (Å²) < 4.78 is 4.20. The van der Waals surface area contributed by atoms with Gasteiger partial charge in [0.1, 0.15) is 6.61 Å². The van der Waals surface area contributed by atoms with E-state index in [9.17, 15) is 14.4 Å². The van der Waals surface area contributed by atoms with Gasteiger partial charge in [-0.3, -0.25) is 4.79 Å². The molecule has 0 saturated heterocycles. The van der Waals surface area contributed by atoms with Gasteiger partial charge in [-0.2, -0.15) is 0 Å². The number of ether oxygens (including phenoxy) is 1. The molecule has 3 N–H and O–H groups in total. The fraction of sp³-hybridized carbons (Fsp3) is 0.100. The summed E-state index contributed by atoms with van der Waals surface area (Å²) in [5.41, 5.74) is 0.164. The number of rotatable bonds is 3. The number of ketones is 1. The zero-order valence-corrected chi connectivity index (χ0v) is 9.17. The number of Topliss-reactive ketones (excluding diaryl/α,β-unsaturated/α-hetero) is 1. The number of hydrogen-bond acceptors (Lipinski definition) is 5. The number of benzene rings is 1. The largest absolute Gasteiger partial charge is 1.00 e. The summed E-state index contributed by atoms with van der Waals surface area (Å²) in [6.45, 7) is -0.971. The zero-order valence-electron chi connectivity index (χ0n) is 10.2. The second kappa shape index (κ2) is 8.67. The van der Waals surface area contributed by atoms with Gasteiger partial charge in [0.25, 0.3) is 5.78 Å². The fourth-order valence-electron chi connectivity index (χ4n) is 0.839. The summed E-state index contributed by atoms with van der Waals surface area (Å²) in [6, 6.07) is 7.76. The monoisotopic (exact) mass is 234 g/mol. The molecule has 0 unspecified atom stereocenters. The maximum absolute atomic E-state index is 11.2. The van der Waals surface area contributed by atoms with Gasteiger partial charge in [-0.15, -0.1) is 0 Å². The van der Waals surface area contributed by atoms with Crippen molar-refractivity contribution in [2.24, 2.45) is 0 Å². The van der Waals surface area contributed by atoms with Crippen molar-refractivity contribution in [2.45, 2.75) is 0 Å². The van der Waals surface area contributed by atoms with Gasteiger partial charge in [0.2, 0.25) is 0 Å². The van der Waals surface area contributed by atoms with Crippen LogP contribution in [0.1, 0.15) is 11.8 Å². The molecule has 0 aliphatic rings. The van der Waals surface area contributed by atoms with Crippen LogP contribution in [0.15, 0.2) is 30.3 Å².